The van der Waals surface area contributed by atoms with E-state index >= 15 is 0 Å². The normalized spacial score (nSPS) is 15.8. The maximum Gasteiger partial charge on any atom is 0.319 e. The second-order valence-electron chi connectivity index (χ2n) is 4.14. The maximum atomic E-state index is 11.6. The number of carbonyl (C=O) groups excluding carboxylic acids is 1. The monoisotopic (exact) mass is 255 g/mol. The lowest BCUT2D eigenvalue weighted by Gasteiger charge is -2.12. The van der Waals surface area contributed by atoms with Crippen LogP contribution >= 0.6 is 11.6 Å². The second-order valence-corrected chi connectivity index (χ2v) is 4.53. The predicted molar refractivity (Wildman–Crippen MR) is 64.8 cm³/mol. The van der Waals surface area contributed by atoms with Gasteiger partial charge in [-0.1, -0.05) is 12.8 Å². The molecule has 6 heteroatoms. The fraction of sp³-hybridized carbons (Fsp3) is 0.455. The van der Waals surface area contributed by atoms with Gasteiger partial charge in [-0.05, 0) is 24.4 Å². The van der Waals surface area contributed by atoms with Gasteiger partial charge in [0, 0.05) is 18.2 Å². The van der Waals surface area contributed by atoms with Crippen molar-refractivity contribution >= 4 is 23.3 Å². The first-order valence-corrected chi connectivity index (χ1v) is 5.99. The van der Waals surface area contributed by atoms with E-state index in [1.807, 2.05) is 0 Å². The van der Waals surface area contributed by atoms with E-state index in [1.165, 1.54) is 18.3 Å². The summed E-state index contributed by atoms with van der Waals surface area (Å²) in [5.74, 6) is 0. The van der Waals surface area contributed by atoms with Crippen molar-refractivity contribution in [2.24, 2.45) is 0 Å². The third-order valence-electron chi connectivity index (χ3n) is 2.82. The van der Waals surface area contributed by atoms with Crippen molar-refractivity contribution in [2.75, 3.05) is 5.32 Å². The average molecular weight is 256 g/mol. The predicted octanol–water partition coefficient (Wildman–Crippen LogP) is 2.04. The van der Waals surface area contributed by atoms with Crippen LogP contribution in [0.15, 0.2) is 18.3 Å². The highest BCUT2D eigenvalue weighted by molar-refractivity contribution is 6.28. The van der Waals surface area contributed by atoms with Gasteiger partial charge in [-0.25, -0.2) is 4.79 Å². The summed E-state index contributed by atoms with van der Waals surface area (Å²) in [4.78, 5) is 11.6. The van der Waals surface area contributed by atoms with Gasteiger partial charge >= 0.3 is 6.03 Å². The number of pyridine rings is 1. The number of rotatable bonds is 2. The van der Waals surface area contributed by atoms with Crippen molar-refractivity contribution in [3.8, 4) is 0 Å². The molecule has 0 spiro atoms. The molecule has 1 fully saturated rings. The van der Waals surface area contributed by atoms with Gasteiger partial charge in [-0.2, -0.15) is 4.73 Å². The van der Waals surface area contributed by atoms with Gasteiger partial charge in [0.2, 0.25) is 0 Å². The van der Waals surface area contributed by atoms with Crippen molar-refractivity contribution in [2.45, 2.75) is 31.7 Å². The summed E-state index contributed by atoms with van der Waals surface area (Å²) in [5.41, 5.74) is 0.512. The van der Waals surface area contributed by atoms with E-state index in [2.05, 4.69) is 10.6 Å². The number of anilines is 1. The molecule has 0 saturated heterocycles. The molecule has 5 nitrogen and oxygen atoms in total. The maximum absolute atomic E-state index is 11.6. The molecule has 1 aromatic rings. The van der Waals surface area contributed by atoms with Crippen LogP contribution in [0, 0.1) is 5.21 Å². The fourth-order valence-electron chi connectivity index (χ4n) is 1.96. The molecule has 0 bridgehead atoms. The van der Waals surface area contributed by atoms with Crippen LogP contribution in [-0.2, 0) is 0 Å². The number of hydrogen-bond acceptors (Lipinski definition) is 2. The molecule has 0 unspecified atom stereocenters. The first-order valence-electron chi connectivity index (χ1n) is 5.61. The van der Waals surface area contributed by atoms with E-state index in [1.54, 1.807) is 0 Å². The van der Waals surface area contributed by atoms with Gasteiger partial charge in [0.15, 0.2) is 6.20 Å². The Hall–Kier alpha value is -1.49. The van der Waals surface area contributed by atoms with Crippen LogP contribution in [0.1, 0.15) is 25.7 Å². The summed E-state index contributed by atoms with van der Waals surface area (Å²) in [6.07, 6.45) is 5.65. The molecular weight excluding hydrogens is 242 g/mol. The number of nitrogens with zero attached hydrogens (tertiary/aromatic N) is 1. The zero-order valence-electron chi connectivity index (χ0n) is 9.28. The van der Waals surface area contributed by atoms with Crippen LogP contribution in [0.5, 0.6) is 0 Å². The molecule has 1 aliphatic rings. The quantitative estimate of drug-likeness (QED) is 0.482. The molecule has 0 atom stereocenters. The zero-order chi connectivity index (χ0) is 12.3. The van der Waals surface area contributed by atoms with E-state index in [9.17, 15) is 10.0 Å². The fourth-order valence-corrected chi connectivity index (χ4v) is 2.13. The van der Waals surface area contributed by atoms with E-state index < -0.39 is 0 Å². The van der Waals surface area contributed by atoms with Crippen molar-refractivity contribution in [1.29, 1.82) is 0 Å². The number of halogens is 1. The molecular formula is C11H14ClN3O2. The Balaban J connectivity index is 1.90. The molecule has 1 heterocycles. The summed E-state index contributed by atoms with van der Waals surface area (Å²) in [5, 5.41) is 16.6. The molecule has 2 amide bonds. The summed E-state index contributed by atoms with van der Waals surface area (Å²) >= 11 is 5.65. The smallest absolute Gasteiger partial charge is 0.319 e. The van der Waals surface area contributed by atoms with E-state index in [-0.39, 0.29) is 17.2 Å². The second kappa shape index (κ2) is 5.23. The first-order chi connectivity index (χ1) is 8.15. The van der Waals surface area contributed by atoms with E-state index in [4.69, 9.17) is 11.6 Å². The number of amides is 2. The molecule has 2 N–H and O–H groups in total. The molecule has 0 radical (unpaired) electrons. The average Bonchev–Trinajstić information content (AvgIpc) is 2.76. The van der Waals surface area contributed by atoms with Crippen molar-refractivity contribution < 1.29 is 9.52 Å². The molecule has 1 aliphatic carbocycles. The minimum Gasteiger partial charge on any atom is -0.618 e. The number of urea groups is 1. The van der Waals surface area contributed by atoms with Crippen LogP contribution < -0.4 is 15.4 Å². The lowest BCUT2D eigenvalue weighted by atomic mass is 10.2. The zero-order valence-corrected chi connectivity index (χ0v) is 10.0. The van der Waals surface area contributed by atoms with Crippen molar-refractivity contribution in [1.82, 2.24) is 5.32 Å². The Kier molecular flexibility index (Phi) is 3.68. The van der Waals surface area contributed by atoms with Gasteiger partial charge in [-0.15, -0.1) is 0 Å². The van der Waals surface area contributed by atoms with Gasteiger partial charge < -0.3 is 15.8 Å². The molecule has 17 heavy (non-hydrogen) atoms. The van der Waals surface area contributed by atoms with E-state index in [0.717, 1.165) is 25.7 Å². The van der Waals surface area contributed by atoms with Crippen LogP contribution in [0.25, 0.3) is 0 Å². The highest BCUT2D eigenvalue weighted by Crippen LogP contribution is 2.18. The summed E-state index contributed by atoms with van der Waals surface area (Å²) in [7, 11) is 0. The van der Waals surface area contributed by atoms with Crippen LogP contribution in [0.3, 0.4) is 0 Å². The Morgan fingerprint density at radius 2 is 2.18 bits per heavy atom. The molecule has 1 aromatic heterocycles. The molecule has 0 aromatic carbocycles. The topological polar surface area (TPSA) is 68.1 Å². The van der Waals surface area contributed by atoms with Gasteiger partial charge in [0.05, 0.1) is 5.69 Å². The van der Waals surface area contributed by atoms with Crippen LogP contribution in [0.2, 0.25) is 5.15 Å². The standard InChI is InChI=1S/C11H14ClN3O2/c12-10-7-9(5-6-15(10)17)14-11(16)13-8-3-1-2-4-8/h5-8H,1-4H2,(H2,13,14,16). The lowest BCUT2D eigenvalue weighted by molar-refractivity contribution is -0.602. The number of hydrogen-bond donors (Lipinski definition) is 2. The third kappa shape index (κ3) is 3.23. The summed E-state index contributed by atoms with van der Waals surface area (Å²) in [6.45, 7) is 0. The highest BCUT2D eigenvalue weighted by Gasteiger charge is 2.17. The van der Waals surface area contributed by atoms with Crippen molar-refractivity contribution in [3.05, 3.63) is 28.7 Å². The number of aromatic nitrogens is 1. The highest BCUT2D eigenvalue weighted by atomic mass is 35.5. The SMILES string of the molecule is O=C(Nc1cc[n+]([O-])c(Cl)c1)NC1CCCC1. The largest absolute Gasteiger partial charge is 0.618 e. The summed E-state index contributed by atoms with van der Waals surface area (Å²) < 4.78 is 0.529. The first kappa shape index (κ1) is 12.0. The van der Waals surface area contributed by atoms with Crippen LogP contribution in [-0.4, -0.2) is 12.1 Å². The van der Waals surface area contributed by atoms with E-state index in [0.29, 0.717) is 10.4 Å². The minimum absolute atomic E-state index is 0.0312. The van der Waals surface area contributed by atoms with Gasteiger partial charge in [0.1, 0.15) is 0 Å². The van der Waals surface area contributed by atoms with Crippen molar-refractivity contribution in [3.63, 3.8) is 0 Å². The molecule has 0 aliphatic heterocycles. The summed E-state index contributed by atoms with van der Waals surface area (Å²) in [6, 6.07) is 2.94. The van der Waals surface area contributed by atoms with Gasteiger partial charge in [0.25, 0.3) is 5.15 Å². The number of carbonyl (C=O) groups is 1. The van der Waals surface area contributed by atoms with Gasteiger partial charge in [-0.3, -0.25) is 0 Å². The Labute approximate surface area is 104 Å². The molecule has 2 rings (SSSR count). The minimum atomic E-state index is -0.253. The molecule has 92 valence electrons. The Morgan fingerprint density at radius 1 is 1.47 bits per heavy atom. The Morgan fingerprint density at radius 3 is 2.82 bits per heavy atom. The third-order valence-corrected chi connectivity index (χ3v) is 3.10. The number of nitrogens with one attached hydrogen (secondary N) is 2. The van der Waals surface area contributed by atoms with Crippen LogP contribution in [0.4, 0.5) is 10.5 Å². The lowest BCUT2D eigenvalue weighted by Crippen LogP contribution is -2.36. The Bertz CT molecular complexity index is 419. The molecule has 1 saturated carbocycles.